The number of nitrogens with one attached hydrogen (secondary N) is 1. The highest BCUT2D eigenvalue weighted by Gasteiger charge is 2.43. The summed E-state index contributed by atoms with van der Waals surface area (Å²) in [5, 5.41) is 20.1. The van der Waals surface area contributed by atoms with Gasteiger partial charge in [-0.25, -0.2) is 4.79 Å². The van der Waals surface area contributed by atoms with Crippen LogP contribution in [-0.4, -0.2) is 40.3 Å². The van der Waals surface area contributed by atoms with E-state index in [1.54, 1.807) is 0 Å². The van der Waals surface area contributed by atoms with Crippen LogP contribution in [0.25, 0.3) is 0 Å². The molecule has 1 aliphatic rings. The minimum atomic E-state index is -1.18. The van der Waals surface area contributed by atoms with Crippen molar-refractivity contribution in [3.8, 4) is 0 Å². The molecular weight excluding hydrogens is 200 g/mol. The molecule has 1 amide bonds. The van der Waals surface area contributed by atoms with Crippen LogP contribution in [0.15, 0.2) is 0 Å². The van der Waals surface area contributed by atoms with Gasteiger partial charge in [0.15, 0.2) is 0 Å². The van der Waals surface area contributed by atoms with E-state index in [0.29, 0.717) is 12.8 Å². The molecule has 1 fully saturated rings. The molecule has 0 aromatic heterocycles. The number of aliphatic hydroxyl groups is 1. The van der Waals surface area contributed by atoms with Crippen LogP contribution in [0.4, 0.5) is 0 Å². The SMILES string of the molecule is N[C@@H](CO)C(=O)NC1(C(=O)O)CCCC1. The molecule has 0 heterocycles. The van der Waals surface area contributed by atoms with Crippen molar-refractivity contribution in [2.75, 3.05) is 6.61 Å². The molecule has 1 atom stereocenters. The van der Waals surface area contributed by atoms with Crippen molar-refractivity contribution in [3.63, 3.8) is 0 Å². The van der Waals surface area contributed by atoms with E-state index in [0.717, 1.165) is 12.8 Å². The molecule has 1 rings (SSSR count). The molecule has 0 aromatic rings. The average molecular weight is 216 g/mol. The van der Waals surface area contributed by atoms with Gasteiger partial charge in [-0.2, -0.15) is 0 Å². The van der Waals surface area contributed by atoms with Crippen LogP contribution in [0.1, 0.15) is 25.7 Å². The second-order valence-electron chi connectivity index (χ2n) is 3.87. The zero-order valence-electron chi connectivity index (χ0n) is 8.40. The fraction of sp³-hybridized carbons (Fsp3) is 0.778. The second kappa shape index (κ2) is 4.59. The number of aliphatic carboxylic acids is 1. The lowest BCUT2D eigenvalue weighted by Crippen LogP contribution is -2.57. The van der Waals surface area contributed by atoms with E-state index in [2.05, 4.69) is 5.32 Å². The Labute approximate surface area is 87.5 Å². The van der Waals surface area contributed by atoms with Gasteiger partial charge in [-0.05, 0) is 12.8 Å². The Hall–Kier alpha value is -1.14. The normalized spacial score (nSPS) is 20.9. The number of carbonyl (C=O) groups excluding carboxylic acids is 1. The van der Waals surface area contributed by atoms with Crippen LogP contribution >= 0.6 is 0 Å². The predicted molar refractivity (Wildman–Crippen MR) is 52.0 cm³/mol. The lowest BCUT2D eigenvalue weighted by molar-refractivity contribution is -0.147. The fourth-order valence-electron chi connectivity index (χ4n) is 1.78. The molecule has 1 saturated carbocycles. The first kappa shape index (κ1) is 11.9. The Balaban J connectivity index is 2.67. The van der Waals surface area contributed by atoms with Crippen molar-refractivity contribution in [2.45, 2.75) is 37.3 Å². The number of nitrogens with two attached hydrogens (primary N) is 1. The van der Waals surface area contributed by atoms with E-state index in [9.17, 15) is 9.59 Å². The molecule has 0 saturated heterocycles. The maximum Gasteiger partial charge on any atom is 0.329 e. The van der Waals surface area contributed by atoms with Gasteiger partial charge in [-0.15, -0.1) is 0 Å². The second-order valence-corrected chi connectivity index (χ2v) is 3.87. The molecule has 0 radical (unpaired) electrons. The maximum absolute atomic E-state index is 11.4. The summed E-state index contributed by atoms with van der Waals surface area (Å²) < 4.78 is 0. The van der Waals surface area contributed by atoms with Gasteiger partial charge in [0, 0.05) is 0 Å². The number of hydrogen-bond acceptors (Lipinski definition) is 4. The van der Waals surface area contributed by atoms with E-state index in [4.69, 9.17) is 15.9 Å². The summed E-state index contributed by atoms with van der Waals surface area (Å²) >= 11 is 0. The van der Waals surface area contributed by atoms with Crippen molar-refractivity contribution in [1.29, 1.82) is 0 Å². The van der Waals surface area contributed by atoms with Gasteiger partial charge in [-0.3, -0.25) is 4.79 Å². The van der Waals surface area contributed by atoms with Gasteiger partial charge in [0.05, 0.1) is 6.61 Å². The summed E-state index contributed by atoms with van der Waals surface area (Å²) in [5.41, 5.74) is 4.12. The highest BCUT2D eigenvalue weighted by Crippen LogP contribution is 2.29. The number of carboxylic acid groups (broad SMARTS) is 1. The number of carboxylic acids is 1. The van der Waals surface area contributed by atoms with E-state index in [1.165, 1.54) is 0 Å². The molecular formula is C9H16N2O4. The molecule has 5 N–H and O–H groups in total. The fourth-order valence-corrected chi connectivity index (χ4v) is 1.78. The molecule has 15 heavy (non-hydrogen) atoms. The average Bonchev–Trinajstić information content (AvgIpc) is 2.66. The zero-order valence-corrected chi connectivity index (χ0v) is 8.40. The standard InChI is InChI=1S/C9H16N2O4/c10-6(5-12)7(13)11-9(8(14)15)3-1-2-4-9/h6,12H,1-5,10H2,(H,11,13)(H,14,15)/t6-/m0/s1. The molecule has 0 bridgehead atoms. The quantitative estimate of drug-likeness (QED) is 0.472. The summed E-state index contributed by atoms with van der Waals surface area (Å²) in [6.45, 7) is -0.485. The van der Waals surface area contributed by atoms with Gasteiger partial charge < -0.3 is 21.3 Å². The summed E-state index contributed by atoms with van der Waals surface area (Å²) in [6.07, 6.45) is 2.40. The largest absolute Gasteiger partial charge is 0.480 e. The Morgan fingerprint density at radius 1 is 1.40 bits per heavy atom. The zero-order chi connectivity index (χ0) is 11.5. The third kappa shape index (κ3) is 2.45. The molecule has 6 heteroatoms. The lowest BCUT2D eigenvalue weighted by atomic mass is 9.97. The number of carbonyl (C=O) groups is 2. The van der Waals surface area contributed by atoms with Crippen LogP contribution < -0.4 is 11.1 Å². The van der Waals surface area contributed by atoms with Gasteiger partial charge >= 0.3 is 5.97 Å². The van der Waals surface area contributed by atoms with E-state index < -0.39 is 30.1 Å². The van der Waals surface area contributed by atoms with Crippen LogP contribution in [0.2, 0.25) is 0 Å². The molecule has 0 aliphatic heterocycles. The van der Waals surface area contributed by atoms with Crippen LogP contribution in [0, 0.1) is 0 Å². The Bertz CT molecular complexity index is 261. The third-order valence-electron chi connectivity index (χ3n) is 2.76. The van der Waals surface area contributed by atoms with Crippen molar-refractivity contribution < 1.29 is 19.8 Å². The number of rotatable bonds is 4. The predicted octanol–water partition coefficient (Wildman–Crippen LogP) is -1.18. The molecule has 0 spiro atoms. The Morgan fingerprint density at radius 3 is 2.33 bits per heavy atom. The van der Waals surface area contributed by atoms with Gasteiger partial charge in [0.1, 0.15) is 11.6 Å². The number of aliphatic hydroxyl groups excluding tert-OH is 1. The van der Waals surface area contributed by atoms with Crippen LogP contribution in [-0.2, 0) is 9.59 Å². The van der Waals surface area contributed by atoms with Crippen molar-refractivity contribution >= 4 is 11.9 Å². The smallest absolute Gasteiger partial charge is 0.329 e. The minimum Gasteiger partial charge on any atom is -0.480 e. The van der Waals surface area contributed by atoms with Crippen molar-refractivity contribution in [1.82, 2.24) is 5.32 Å². The van der Waals surface area contributed by atoms with Gasteiger partial charge in [-0.1, -0.05) is 12.8 Å². The molecule has 0 unspecified atom stereocenters. The molecule has 1 aliphatic carbocycles. The van der Waals surface area contributed by atoms with Crippen molar-refractivity contribution in [2.24, 2.45) is 5.73 Å². The van der Waals surface area contributed by atoms with Gasteiger partial charge in [0.25, 0.3) is 0 Å². The maximum atomic E-state index is 11.4. The topological polar surface area (TPSA) is 113 Å². The Kier molecular flexibility index (Phi) is 3.65. The summed E-state index contributed by atoms with van der Waals surface area (Å²) in [6, 6.07) is -1.05. The van der Waals surface area contributed by atoms with Gasteiger partial charge in [0.2, 0.25) is 5.91 Å². The summed E-state index contributed by atoms with van der Waals surface area (Å²) in [5.74, 6) is -1.64. The lowest BCUT2D eigenvalue weighted by Gasteiger charge is -2.26. The van der Waals surface area contributed by atoms with Crippen molar-refractivity contribution in [3.05, 3.63) is 0 Å². The monoisotopic (exact) mass is 216 g/mol. The molecule has 0 aromatic carbocycles. The number of amides is 1. The van der Waals surface area contributed by atoms with E-state index >= 15 is 0 Å². The Morgan fingerprint density at radius 2 is 1.93 bits per heavy atom. The molecule has 86 valence electrons. The summed E-state index contributed by atoms with van der Waals surface area (Å²) in [4.78, 5) is 22.4. The van der Waals surface area contributed by atoms with Crippen LogP contribution in [0.3, 0.4) is 0 Å². The minimum absolute atomic E-state index is 0.423. The highest BCUT2D eigenvalue weighted by molar-refractivity contribution is 5.89. The first-order valence-corrected chi connectivity index (χ1v) is 4.94. The highest BCUT2D eigenvalue weighted by atomic mass is 16.4. The first-order valence-electron chi connectivity index (χ1n) is 4.94. The van der Waals surface area contributed by atoms with E-state index in [-0.39, 0.29) is 0 Å². The summed E-state index contributed by atoms with van der Waals surface area (Å²) in [7, 11) is 0. The van der Waals surface area contributed by atoms with Crippen LogP contribution in [0.5, 0.6) is 0 Å². The number of hydrogen-bond donors (Lipinski definition) is 4. The third-order valence-corrected chi connectivity index (χ3v) is 2.76. The van der Waals surface area contributed by atoms with E-state index in [1.807, 2.05) is 0 Å². The first-order chi connectivity index (χ1) is 7.02. The molecule has 6 nitrogen and oxygen atoms in total.